The third kappa shape index (κ3) is 2.49. The van der Waals surface area contributed by atoms with Gasteiger partial charge < -0.3 is 9.64 Å². The van der Waals surface area contributed by atoms with Gasteiger partial charge in [0.1, 0.15) is 11.5 Å². The second-order valence-electron chi connectivity index (χ2n) is 7.56. The Morgan fingerprint density at radius 3 is 2.88 bits per heavy atom. The zero-order valence-electron chi connectivity index (χ0n) is 15.7. The number of amides is 1. The summed E-state index contributed by atoms with van der Waals surface area (Å²) in [6.07, 6.45) is 5.28. The van der Waals surface area contributed by atoms with Crippen molar-refractivity contribution in [2.75, 3.05) is 14.2 Å². The van der Waals surface area contributed by atoms with Gasteiger partial charge in [-0.15, -0.1) is 0 Å². The number of ether oxygens (including phenoxy) is 1. The third-order valence-corrected chi connectivity index (χ3v) is 6.15. The first-order chi connectivity index (χ1) is 12.6. The highest BCUT2D eigenvalue weighted by atomic mass is 16.5. The van der Waals surface area contributed by atoms with Crippen molar-refractivity contribution in [2.24, 2.45) is 5.92 Å². The quantitative estimate of drug-likeness (QED) is 0.816. The Morgan fingerprint density at radius 1 is 1.35 bits per heavy atom. The van der Waals surface area contributed by atoms with Crippen LogP contribution in [0.1, 0.15) is 43.7 Å². The largest absolute Gasteiger partial charge is 0.496 e. The summed E-state index contributed by atoms with van der Waals surface area (Å²) in [4.78, 5) is 29.9. The molecular formula is C21H26N2O3. The van der Waals surface area contributed by atoms with Crippen LogP contribution in [0.2, 0.25) is 0 Å². The molecule has 0 saturated carbocycles. The molecule has 3 heterocycles. The number of carbonyl (C=O) groups is 2. The lowest BCUT2D eigenvalue weighted by Crippen LogP contribution is -2.55. The minimum atomic E-state index is -0.191. The number of hydrogen-bond acceptors (Lipinski definition) is 4. The van der Waals surface area contributed by atoms with E-state index in [0.717, 1.165) is 35.4 Å². The molecule has 3 atom stereocenters. The zero-order chi connectivity index (χ0) is 18.4. The van der Waals surface area contributed by atoms with E-state index in [1.165, 1.54) is 0 Å². The van der Waals surface area contributed by atoms with Crippen molar-refractivity contribution < 1.29 is 14.3 Å². The molecule has 0 radical (unpaired) electrons. The number of ketones is 1. The van der Waals surface area contributed by atoms with Crippen molar-refractivity contribution in [1.82, 2.24) is 9.80 Å². The molecule has 5 heteroatoms. The van der Waals surface area contributed by atoms with Gasteiger partial charge in [-0.25, -0.2) is 0 Å². The number of fused-ring (bicyclic) bond motifs is 5. The maximum absolute atomic E-state index is 13.1. The molecule has 2 saturated heterocycles. The number of methoxy groups -OCH3 is 1. The maximum atomic E-state index is 13.1. The normalized spacial score (nSPS) is 27.0. The first kappa shape index (κ1) is 17.3. The molecule has 2 bridgehead atoms. The molecule has 0 spiro atoms. The van der Waals surface area contributed by atoms with Crippen LogP contribution in [0, 0.1) is 5.92 Å². The summed E-state index contributed by atoms with van der Waals surface area (Å²) < 4.78 is 5.49. The summed E-state index contributed by atoms with van der Waals surface area (Å²) in [5.74, 6) is 1.15. The van der Waals surface area contributed by atoms with Crippen molar-refractivity contribution in [2.45, 2.75) is 51.2 Å². The first-order valence-corrected chi connectivity index (χ1v) is 9.50. The molecule has 3 aliphatic heterocycles. The number of carbonyl (C=O) groups excluding carboxylic acids is 2. The number of nitrogens with zero attached hydrogens (tertiary/aromatic N) is 2. The predicted octanol–water partition coefficient (Wildman–Crippen LogP) is 2.84. The topological polar surface area (TPSA) is 49.9 Å². The summed E-state index contributed by atoms with van der Waals surface area (Å²) in [5.41, 5.74) is 3.11. The lowest BCUT2D eigenvalue weighted by molar-refractivity contribution is -0.138. The van der Waals surface area contributed by atoms with Crippen LogP contribution in [0.5, 0.6) is 5.75 Å². The fraction of sp³-hybridized carbons (Fsp3) is 0.524. The van der Waals surface area contributed by atoms with Crippen molar-refractivity contribution in [3.63, 3.8) is 0 Å². The monoisotopic (exact) mass is 354 g/mol. The van der Waals surface area contributed by atoms with Gasteiger partial charge in [0.25, 0.3) is 0 Å². The van der Waals surface area contributed by atoms with E-state index in [-0.39, 0.29) is 23.9 Å². The van der Waals surface area contributed by atoms with Crippen molar-refractivity contribution in [3.05, 3.63) is 35.0 Å². The van der Waals surface area contributed by atoms with Crippen LogP contribution in [0.4, 0.5) is 0 Å². The minimum Gasteiger partial charge on any atom is -0.496 e. The molecule has 0 N–H and O–H groups in total. The second-order valence-corrected chi connectivity index (χ2v) is 7.56. The van der Waals surface area contributed by atoms with Gasteiger partial charge in [-0.2, -0.15) is 0 Å². The lowest BCUT2D eigenvalue weighted by atomic mass is 9.88. The lowest BCUT2D eigenvalue weighted by Gasteiger charge is -2.43. The summed E-state index contributed by atoms with van der Waals surface area (Å²) in [5, 5.41) is 0. The Balaban J connectivity index is 1.75. The molecule has 0 unspecified atom stereocenters. The van der Waals surface area contributed by atoms with E-state index in [4.69, 9.17) is 4.74 Å². The van der Waals surface area contributed by atoms with Gasteiger partial charge in [0.15, 0.2) is 0 Å². The molecule has 1 aromatic carbocycles. The van der Waals surface area contributed by atoms with Crippen LogP contribution < -0.4 is 4.74 Å². The van der Waals surface area contributed by atoms with Gasteiger partial charge in [0.2, 0.25) is 5.91 Å². The number of Topliss-reactive ketones (excluding diaryl/α,β-unsaturated/α-hetero) is 1. The molecule has 1 aromatic rings. The fourth-order valence-electron chi connectivity index (χ4n) is 4.74. The Bertz CT molecular complexity index is 785. The minimum absolute atomic E-state index is 0.00130. The molecule has 3 aliphatic rings. The van der Waals surface area contributed by atoms with Crippen molar-refractivity contribution in [3.8, 4) is 5.75 Å². The number of hydrogen-bond donors (Lipinski definition) is 0. The predicted molar refractivity (Wildman–Crippen MR) is 99.5 cm³/mol. The van der Waals surface area contributed by atoms with E-state index < -0.39 is 0 Å². The SMILES string of the molecule is CCCCC(=O)[C@H]1C[C@@H]2C(=O)N3Cc4c(cccc4OC)C=C3[C@H]1N2C. The van der Waals surface area contributed by atoms with E-state index >= 15 is 0 Å². The summed E-state index contributed by atoms with van der Waals surface area (Å²) >= 11 is 0. The van der Waals surface area contributed by atoms with Gasteiger partial charge in [-0.05, 0) is 37.6 Å². The molecule has 1 amide bonds. The summed E-state index contributed by atoms with van der Waals surface area (Å²) in [7, 11) is 3.65. The zero-order valence-corrected chi connectivity index (χ0v) is 15.7. The van der Waals surface area contributed by atoms with Crippen LogP contribution in [0.25, 0.3) is 6.08 Å². The number of benzene rings is 1. The molecule has 138 valence electrons. The molecule has 0 aromatic heterocycles. The van der Waals surface area contributed by atoms with Gasteiger partial charge in [-0.1, -0.05) is 25.5 Å². The average molecular weight is 354 g/mol. The highest BCUT2D eigenvalue weighted by Crippen LogP contribution is 2.45. The number of likely N-dealkylation sites (N-methyl/N-ethyl adjacent to an activating group) is 1. The molecule has 26 heavy (non-hydrogen) atoms. The molecule has 4 rings (SSSR count). The van der Waals surface area contributed by atoms with Gasteiger partial charge >= 0.3 is 0 Å². The van der Waals surface area contributed by atoms with Gasteiger partial charge in [-0.3, -0.25) is 14.5 Å². The Hall–Kier alpha value is -2.14. The second kappa shape index (κ2) is 6.54. The van der Waals surface area contributed by atoms with Crippen LogP contribution in [-0.4, -0.2) is 47.7 Å². The fourth-order valence-corrected chi connectivity index (χ4v) is 4.74. The van der Waals surface area contributed by atoms with E-state index in [1.54, 1.807) is 7.11 Å². The first-order valence-electron chi connectivity index (χ1n) is 9.50. The van der Waals surface area contributed by atoms with E-state index in [1.807, 2.05) is 24.1 Å². The van der Waals surface area contributed by atoms with Crippen LogP contribution in [0.15, 0.2) is 23.9 Å². The van der Waals surface area contributed by atoms with Gasteiger partial charge in [0, 0.05) is 23.6 Å². The summed E-state index contributed by atoms with van der Waals surface area (Å²) in [6.45, 7) is 2.63. The standard InChI is InChI=1S/C21H26N2O3/c1-4-5-8-18(24)14-11-17-21(25)23-12-15-13(7-6-9-19(15)26-3)10-16(23)20(14)22(17)2/h6-7,9-10,14,17,20H,4-5,8,11-12H2,1-3H3/t14-,17-,20+/m1/s1. The molecular weight excluding hydrogens is 328 g/mol. The van der Waals surface area contributed by atoms with E-state index in [9.17, 15) is 9.59 Å². The maximum Gasteiger partial charge on any atom is 0.244 e. The van der Waals surface area contributed by atoms with Crippen LogP contribution in [-0.2, 0) is 16.1 Å². The highest BCUT2D eigenvalue weighted by Gasteiger charge is 2.54. The highest BCUT2D eigenvalue weighted by molar-refractivity contribution is 5.92. The van der Waals surface area contributed by atoms with Crippen molar-refractivity contribution >= 4 is 17.8 Å². The number of piperazine rings is 1. The molecule has 2 fully saturated rings. The number of rotatable bonds is 5. The molecule has 5 nitrogen and oxygen atoms in total. The summed E-state index contributed by atoms with van der Waals surface area (Å²) in [6, 6.07) is 5.77. The van der Waals surface area contributed by atoms with Crippen LogP contribution >= 0.6 is 0 Å². The average Bonchev–Trinajstić information content (AvgIpc) is 2.94. The smallest absolute Gasteiger partial charge is 0.244 e. The Kier molecular flexibility index (Phi) is 4.35. The third-order valence-electron chi connectivity index (χ3n) is 6.15. The Morgan fingerprint density at radius 2 is 2.15 bits per heavy atom. The van der Waals surface area contributed by atoms with Gasteiger partial charge in [0.05, 0.1) is 25.7 Å². The van der Waals surface area contributed by atoms with Crippen LogP contribution in [0.3, 0.4) is 0 Å². The van der Waals surface area contributed by atoms with Crippen molar-refractivity contribution in [1.29, 1.82) is 0 Å². The molecule has 0 aliphatic carbocycles. The van der Waals surface area contributed by atoms with E-state index in [0.29, 0.717) is 25.2 Å². The Labute approximate surface area is 154 Å². The van der Waals surface area contributed by atoms with E-state index in [2.05, 4.69) is 24.0 Å². The number of unbranched alkanes of at least 4 members (excludes halogenated alkanes) is 1.